The van der Waals surface area contributed by atoms with E-state index in [1.807, 2.05) is 6.92 Å². The van der Waals surface area contributed by atoms with Crippen LogP contribution in [0.5, 0.6) is 0 Å². The van der Waals surface area contributed by atoms with Crippen LogP contribution in [0.1, 0.15) is 64.2 Å². The van der Waals surface area contributed by atoms with E-state index in [1.165, 1.54) is 27.8 Å². The Morgan fingerprint density at radius 3 is 2.62 bits per heavy atom. The Labute approximate surface area is 189 Å². The number of imidazole rings is 1. The van der Waals surface area contributed by atoms with Crippen LogP contribution in [0.15, 0.2) is 42.5 Å². The molecule has 1 aliphatic carbocycles. The molecular weight excluding hydrogens is 392 g/mol. The van der Waals surface area contributed by atoms with Crippen LogP contribution in [0.25, 0.3) is 16.9 Å². The standard InChI is InChI=1S/C28H28N4/c1-5-26-31-27-17(2)16-18(3)30-28(27)32(26)25-13-12-23-21(19(25)4)11-10-20-8-6-7-9-22(20)24(23)14-15-29/h6-9,12-13,16,24H,5,10-11,14H2,1-4H3. The Hall–Kier alpha value is -3.45. The third kappa shape index (κ3) is 3.12. The molecule has 0 amide bonds. The zero-order valence-electron chi connectivity index (χ0n) is 19.2. The van der Waals surface area contributed by atoms with E-state index in [2.05, 4.69) is 73.9 Å². The quantitative estimate of drug-likeness (QED) is 0.405. The lowest BCUT2D eigenvalue weighted by molar-refractivity contribution is 0.825. The van der Waals surface area contributed by atoms with Gasteiger partial charge in [0.2, 0.25) is 0 Å². The van der Waals surface area contributed by atoms with Gasteiger partial charge in [-0.1, -0.05) is 37.3 Å². The summed E-state index contributed by atoms with van der Waals surface area (Å²) in [5.74, 6) is 1.16. The molecule has 32 heavy (non-hydrogen) atoms. The van der Waals surface area contributed by atoms with Gasteiger partial charge in [-0.2, -0.15) is 5.26 Å². The highest BCUT2D eigenvalue weighted by Crippen LogP contribution is 2.39. The Kier molecular flexibility index (Phi) is 5.06. The predicted octanol–water partition coefficient (Wildman–Crippen LogP) is 6.05. The molecule has 0 saturated heterocycles. The van der Waals surface area contributed by atoms with Crippen LogP contribution in [0.2, 0.25) is 0 Å². The zero-order chi connectivity index (χ0) is 22.4. The molecule has 0 spiro atoms. The van der Waals surface area contributed by atoms with Crippen molar-refractivity contribution in [1.82, 2.24) is 14.5 Å². The molecule has 0 saturated carbocycles. The van der Waals surface area contributed by atoms with E-state index in [9.17, 15) is 5.26 Å². The molecule has 0 N–H and O–H groups in total. The summed E-state index contributed by atoms with van der Waals surface area (Å²) in [6.07, 6.45) is 3.32. The molecule has 0 fully saturated rings. The molecule has 2 heterocycles. The molecule has 4 heteroatoms. The van der Waals surface area contributed by atoms with Gasteiger partial charge in [-0.25, -0.2) is 9.97 Å². The number of aromatic nitrogens is 3. The molecular formula is C28H28N4. The summed E-state index contributed by atoms with van der Waals surface area (Å²) in [5, 5.41) is 9.60. The Bertz CT molecular complexity index is 1390. The number of benzene rings is 2. The van der Waals surface area contributed by atoms with Gasteiger partial charge in [0.25, 0.3) is 0 Å². The SMILES string of the molecule is CCc1nc2c(C)cc(C)nc2n1-c1ccc2c(c1C)CCc1ccccc1C2CC#N. The Balaban J connectivity index is 1.75. The van der Waals surface area contributed by atoms with E-state index in [4.69, 9.17) is 9.97 Å². The van der Waals surface area contributed by atoms with Crippen LogP contribution in [0.4, 0.5) is 0 Å². The molecule has 0 bridgehead atoms. The minimum absolute atomic E-state index is 0.120. The van der Waals surface area contributed by atoms with Crippen molar-refractivity contribution in [3.05, 3.63) is 87.4 Å². The number of hydrogen-bond donors (Lipinski definition) is 0. The summed E-state index contributed by atoms with van der Waals surface area (Å²) in [6, 6.07) is 17.6. The number of fused-ring (bicyclic) bond motifs is 3. The normalized spacial score (nSPS) is 15.2. The summed E-state index contributed by atoms with van der Waals surface area (Å²) in [6.45, 7) is 8.53. The second-order valence-corrected chi connectivity index (χ2v) is 8.86. The molecule has 4 nitrogen and oxygen atoms in total. The van der Waals surface area contributed by atoms with E-state index in [-0.39, 0.29) is 5.92 Å². The highest BCUT2D eigenvalue weighted by molar-refractivity contribution is 5.78. The lowest BCUT2D eigenvalue weighted by Crippen LogP contribution is -2.09. The van der Waals surface area contributed by atoms with Crippen LogP contribution in [-0.4, -0.2) is 14.5 Å². The van der Waals surface area contributed by atoms with Crippen molar-refractivity contribution >= 4 is 11.2 Å². The number of hydrogen-bond acceptors (Lipinski definition) is 3. The first-order chi connectivity index (χ1) is 15.5. The fourth-order valence-electron chi connectivity index (χ4n) is 5.40. The molecule has 5 rings (SSSR count). The van der Waals surface area contributed by atoms with Crippen molar-refractivity contribution in [3.63, 3.8) is 0 Å². The fraction of sp³-hybridized carbons (Fsp3) is 0.321. The van der Waals surface area contributed by atoms with Crippen molar-refractivity contribution in [2.75, 3.05) is 0 Å². The minimum atomic E-state index is 0.120. The van der Waals surface area contributed by atoms with Crippen LogP contribution in [0.3, 0.4) is 0 Å². The van der Waals surface area contributed by atoms with Crippen LogP contribution in [0, 0.1) is 32.1 Å². The van der Waals surface area contributed by atoms with Gasteiger partial charge in [0.05, 0.1) is 11.8 Å². The molecule has 0 aliphatic heterocycles. The molecule has 0 radical (unpaired) electrons. The van der Waals surface area contributed by atoms with Crippen LogP contribution >= 0.6 is 0 Å². The molecule has 2 aromatic heterocycles. The maximum atomic E-state index is 9.60. The molecule has 2 aromatic carbocycles. The fourth-order valence-corrected chi connectivity index (χ4v) is 5.40. The van der Waals surface area contributed by atoms with Crippen molar-refractivity contribution in [3.8, 4) is 11.8 Å². The lowest BCUT2D eigenvalue weighted by atomic mass is 9.84. The number of nitriles is 1. The van der Waals surface area contributed by atoms with Crippen LogP contribution in [-0.2, 0) is 19.3 Å². The Morgan fingerprint density at radius 2 is 1.84 bits per heavy atom. The topological polar surface area (TPSA) is 54.5 Å². The van der Waals surface area contributed by atoms with Gasteiger partial charge >= 0.3 is 0 Å². The van der Waals surface area contributed by atoms with E-state index in [0.717, 1.165) is 53.2 Å². The maximum Gasteiger partial charge on any atom is 0.165 e. The maximum absolute atomic E-state index is 9.60. The smallest absolute Gasteiger partial charge is 0.165 e. The third-order valence-corrected chi connectivity index (χ3v) is 6.91. The molecule has 160 valence electrons. The highest BCUT2D eigenvalue weighted by Gasteiger charge is 2.26. The van der Waals surface area contributed by atoms with Crippen LogP contribution < -0.4 is 0 Å². The number of nitrogens with zero attached hydrogens (tertiary/aromatic N) is 4. The molecule has 1 aliphatic rings. The van der Waals surface area contributed by atoms with Crippen molar-refractivity contribution in [2.24, 2.45) is 0 Å². The number of aryl methyl sites for hydroxylation is 4. The number of rotatable bonds is 3. The van der Waals surface area contributed by atoms with E-state index < -0.39 is 0 Å². The minimum Gasteiger partial charge on any atom is -0.280 e. The third-order valence-electron chi connectivity index (χ3n) is 6.91. The summed E-state index contributed by atoms with van der Waals surface area (Å²) in [5.41, 5.74) is 11.8. The van der Waals surface area contributed by atoms with Gasteiger partial charge in [0, 0.05) is 24.5 Å². The summed E-state index contributed by atoms with van der Waals surface area (Å²) < 4.78 is 2.25. The average Bonchev–Trinajstić information content (AvgIpc) is 3.07. The van der Waals surface area contributed by atoms with Gasteiger partial charge in [0.15, 0.2) is 5.65 Å². The monoisotopic (exact) mass is 420 g/mol. The predicted molar refractivity (Wildman–Crippen MR) is 128 cm³/mol. The van der Waals surface area contributed by atoms with E-state index in [1.54, 1.807) is 0 Å². The lowest BCUT2D eigenvalue weighted by Gasteiger charge is -2.21. The summed E-state index contributed by atoms with van der Waals surface area (Å²) in [4.78, 5) is 9.84. The summed E-state index contributed by atoms with van der Waals surface area (Å²) in [7, 11) is 0. The Morgan fingerprint density at radius 1 is 1.03 bits per heavy atom. The first-order valence-electron chi connectivity index (χ1n) is 11.5. The van der Waals surface area contributed by atoms with Crippen molar-refractivity contribution in [2.45, 2.75) is 59.3 Å². The van der Waals surface area contributed by atoms with E-state index in [0.29, 0.717) is 6.42 Å². The van der Waals surface area contributed by atoms with Gasteiger partial charge in [-0.15, -0.1) is 0 Å². The van der Waals surface area contributed by atoms with Crippen molar-refractivity contribution in [1.29, 1.82) is 5.26 Å². The average molecular weight is 421 g/mol. The first-order valence-corrected chi connectivity index (χ1v) is 11.5. The largest absolute Gasteiger partial charge is 0.280 e. The van der Waals surface area contributed by atoms with E-state index >= 15 is 0 Å². The van der Waals surface area contributed by atoms with Gasteiger partial charge in [0.1, 0.15) is 11.3 Å². The van der Waals surface area contributed by atoms with Gasteiger partial charge in [-0.3, -0.25) is 4.57 Å². The summed E-state index contributed by atoms with van der Waals surface area (Å²) >= 11 is 0. The molecule has 1 atom stereocenters. The first kappa shape index (κ1) is 20.5. The van der Waals surface area contributed by atoms with Crippen molar-refractivity contribution < 1.29 is 0 Å². The molecule has 1 unspecified atom stereocenters. The molecule has 4 aromatic rings. The van der Waals surface area contributed by atoms with Gasteiger partial charge < -0.3 is 0 Å². The highest BCUT2D eigenvalue weighted by atomic mass is 15.1. The number of pyridine rings is 1. The van der Waals surface area contributed by atoms with Gasteiger partial charge in [-0.05, 0) is 79.1 Å². The second-order valence-electron chi connectivity index (χ2n) is 8.86. The second kappa shape index (κ2) is 7.91. The zero-order valence-corrected chi connectivity index (χ0v) is 19.2.